The van der Waals surface area contributed by atoms with Crippen molar-refractivity contribution in [1.82, 2.24) is 10.6 Å². The number of nitrogens with one attached hydrogen (secondary N) is 3. The molecule has 2 atom stereocenters. The van der Waals surface area contributed by atoms with Crippen LogP contribution in [0.2, 0.25) is 0 Å². The Morgan fingerprint density at radius 1 is 1.14 bits per heavy atom. The number of quaternary nitrogens is 1. The molecule has 0 spiro atoms. The van der Waals surface area contributed by atoms with Crippen LogP contribution in [-0.2, 0) is 11.3 Å². The highest BCUT2D eigenvalue weighted by Gasteiger charge is 2.32. The van der Waals surface area contributed by atoms with Gasteiger partial charge in [0.25, 0.3) is 5.91 Å². The number of amides is 3. The number of carbonyl (C=O) groups excluding carboxylic acids is 2. The minimum Gasteiger partial charge on any atom is -0.494 e. The van der Waals surface area contributed by atoms with Crippen LogP contribution in [0.4, 0.5) is 9.18 Å². The second-order valence-corrected chi connectivity index (χ2v) is 6.35. The summed E-state index contributed by atoms with van der Waals surface area (Å²) < 4.78 is 19.0. The van der Waals surface area contributed by atoms with Crippen molar-refractivity contribution in [3.05, 3.63) is 65.5 Å². The van der Waals surface area contributed by atoms with Crippen molar-refractivity contribution < 1.29 is 23.6 Å². The second kappa shape index (κ2) is 10.4. The Morgan fingerprint density at radius 2 is 1.86 bits per heavy atom. The highest BCUT2D eigenvalue weighted by molar-refractivity contribution is 5.96. The molecule has 0 heterocycles. The lowest BCUT2D eigenvalue weighted by molar-refractivity contribution is -0.933. The van der Waals surface area contributed by atoms with Gasteiger partial charge in [-0.2, -0.15) is 0 Å². The van der Waals surface area contributed by atoms with E-state index in [1.165, 1.54) is 13.2 Å². The molecule has 0 aliphatic heterocycles. The summed E-state index contributed by atoms with van der Waals surface area (Å²) in [5, 5.41) is 4.97. The summed E-state index contributed by atoms with van der Waals surface area (Å²) in [5.41, 5.74) is 1.53. The fraction of sp³-hybridized carbons (Fsp3) is 0.333. The molecule has 0 aromatic heterocycles. The number of halogens is 1. The van der Waals surface area contributed by atoms with Crippen molar-refractivity contribution in [1.29, 1.82) is 0 Å². The maximum atomic E-state index is 14.1. The maximum Gasteiger partial charge on any atom is 0.321 e. The topological polar surface area (TPSA) is 71.9 Å². The molecule has 0 bridgehead atoms. The second-order valence-electron chi connectivity index (χ2n) is 6.35. The van der Waals surface area contributed by atoms with Crippen LogP contribution in [0.5, 0.6) is 5.75 Å². The predicted octanol–water partition coefficient (Wildman–Crippen LogP) is 1.83. The van der Waals surface area contributed by atoms with Crippen molar-refractivity contribution in [2.24, 2.45) is 0 Å². The van der Waals surface area contributed by atoms with Gasteiger partial charge in [0.2, 0.25) is 0 Å². The van der Waals surface area contributed by atoms with Crippen LogP contribution < -0.4 is 20.3 Å². The van der Waals surface area contributed by atoms with Crippen LogP contribution in [0, 0.1) is 5.82 Å². The lowest BCUT2D eigenvalue weighted by Crippen LogP contribution is -3.12. The van der Waals surface area contributed by atoms with E-state index in [1.807, 2.05) is 37.3 Å². The van der Waals surface area contributed by atoms with Crippen LogP contribution >= 0.6 is 0 Å². The number of rotatable bonds is 8. The number of benzene rings is 2. The molecule has 7 heteroatoms. The van der Waals surface area contributed by atoms with E-state index in [0.717, 1.165) is 16.0 Å². The summed E-state index contributed by atoms with van der Waals surface area (Å²) in [5.74, 6) is -0.670. The lowest BCUT2D eigenvalue weighted by Gasteiger charge is -2.27. The number of urea groups is 1. The Labute approximate surface area is 164 Å². The van der Waals surface area contributed by atoms with E-state index in [0.29, 0.717) is 19.6 Å². The summed E-state index contributed by atoms with van der Waals surface area (Å²) >= 11 is 0. The summed E-state index contributed by atoms with van der Waals surface area (Å²) in [6.07, 6.45) is 0. The first kappa shape index (κ1) is 21.4. The van der Waals surface area contributed by atoms with Crippen LogP contribution in [0.1, 0.15) is 31.0 Å². The number of hydrogen-bond donors (Lipinski definition) is 3. The van der Waals surface area contributed by atoms with Crippen LogP contribution in [-0.4, -0.2) is 32.1 Å². The fourth-order valence-corrected chi connectivity index (χ4v) is 3.12. The third kappa shape index (κ3) is 5.53. The molecule has 3 amide bonds. The van der Waals surface area contributed by atoms with E-state index in [4.69, 9.17) is 4.74 Å². The Balaban J connectivity index is 2.30. The van der Waals surface area contributed by atoms with E-state index >= 15 is 0 Å². The monoisotopic (exact) mass is 388 g/mol. The van der Waals surface area contributed by atoms with Gasteiger partial charge in [-0.15, -0.1) is 0 Å². The molecule has 6 nitrogen and oxygen atoms in total. The molecule has 0 aliphatic carbocycles. The first-order valence-electron chi connectivity index (χ1n) is 9.30. The largest absolute Gasteiger partial charge is 0.494 e. The Hall–Kier alpha value is -2.93. The molecular weight excluding hydrogens is 361 g/mol. The summed E-state index contributed by atoms with van der Waals surface area (Å²) in [6, 6.07) is 12.9. The van der Waals surface area contributed by atoms with Gasteiger partial charge >= 0.3 is 6.03 Å². The minimum atomic E-state index is -0.612. The molecule has 150 valence electrons. The van der Waals surface area contributed by atoms with Crippen molar-refractivity contribution in [3.63, 3.8) is 0 Å². The van der Waals surface area contributed by atoms with Crippen molar-refractivity contribution >= 4 is 11.9 Å². The fourth-order valence-electron chi connectivity index (χ4n) is 3.12. The standard InChI is InChI=1S/C21H26FN3O3/c1-4-23-21(27)24-20(26)19(16-9-7-6-8-10-16)25(5-2)14-15-11-12-18(28-3)17(22)13-15/h6-13,19H,4-5,14H2,1-3H3,(H2,23,24,26,27)/p+1/t19-/m1/s1. The summed E-state index contributed by atoms with van der Waals surface area (Å²) in [6.45, 7) is 5.17. The Morgan fingerprint density at radius 3 is 2.43 bits per heavy atom. The van der Waals surface area contributed by atoms with Gasteiger partial charge in [-0.05, 0) is 32.0 Å². The molecule has 0 aliphatic rings. The molecular formula is C21H27FN3O3+. The quantitative estimate of drug-likeness (QED) is 0.646. The predicted molar refractivity (Wildman–Crippen MR) is 105 cm³/mol. The normalized spacial score (nSPS) is 12.7. The Kier molecular flexibility index (Phi) is 7.95. The average molecular weight is 388 g/mol. The van der Waals surface area contributed by atoms with Gasteiger partial charge in [-0.25, -0.2) is 9.18 Å². The molecule has 2 aromatic rings. The number of hydrogen-bond acceptors (Lipinski definition) is 3. The summed E-state index contributed by atoms with van der Waals surface area (Å²) in [7, 11) is 1.42. The molecule has 0 saturated carbocycles. The molecule has 3 N–H and O–H groups in total. The number of imide groups is 1. The summed E-state index contributed by atoms with van der Waals surface area (Å²) in [4.78, 5) is 25.6. The third-order valence-electron chi connectivity index (χ3n) is 4.48. The number of ether oxygens (including phenoxy) is 1. The molecule has 1 unspecified atom stereocenters. The van der Waals surface area contributed by atoms with Crippen molar-refractivity contribution in [3.8, 4) is 5.75 Å². The van der Waals surface area contributed by atoms with E-state index in [-0.39, 0.29) is 5.75 Å². The minimum absolute atomic E-state index is 0.176. The van der Waals surface area contributed by atoms with Crippen LogP contribution in [0.25, 0.3) is 0 Å². The first-order valence-corrected chi connectivity index (χ1v) is 9.30. The van der Waals surface area contributed by atoms with Gasteiger partial charge in [0.1, 0.15) is 6.54 Å². The van der Waals surface area contributed by atoms with Gasteiger partial charge < -0.3 is 15.0 Å². The molecule has 2 aromatic carbocycles. The van der Waals surface area contributed by atoms with Gasteiger partial charge in [0.05, 0.1) is 13.7 Å². The van der Waals surface area contributed by atoms with Gasteiger partial charge in [0.15, 0.2) is 17.6 Å². The zero-order valence-electron chi connectivity index (χ0n) is 16.4. The third-order valence-corrected chi connectivity index (χ3v) is 4.48. The molecule has 28 heavy (non-hydrogen) atoms. The van der Waals surface area contributed by atoms with E-state index in [1.54, 1.807) is 19.1 Å². The molecule has 0 fully saturated rings. The lowest BCUT2D eigenvalue weighted by atomic mass is 10.0. The SMILES string of the molecule is CCNC(=O)NC(=O)[C@@H](c1ccccc1)[NH+](CC)Cc1ccc(OC)c(F)c1. The molecule has 2 rings (SSSR count). The number of carbonyl (C=O) groups is 2. The van der Waals surface area contributed by atoms with Gasteiger partial charge in [-0.1, -0.05) is 30.3 Å². The van der Waals surface area contributed by atoms with Crippen molar-refractivity contribution in [2.75, 3.05) is 20.2 Å². The zero-order chi connectivity index (χ0) is 20.5. The van der Waals surface area contributed by atoms with E-state index < -0.39 is 23.8 Å². The maximum absolute atomic E-state index is 14.1. The highest BCUT2D eigenvalue weighted by atomic mass is 19.1. The van der Waals surface area contributed by atoms with Gasteiger partial charge in [-0.3, -0.25) is 10.1 Å². The molecule has 0 saturated heterocycles. The highest BCUT2D eigenvalue weighted by Crippen LogP contribution is 2.18. The smallest absolute Gasteiger partial charge is 0.321 e. The van der Waals surface area contributed by atoms with Crippen LogP contribution in [0.15, 0.2) is 48.5 Å². The molecule has 0 radical (unpaired) electrons. The number of likely N-dealkylation sites (N-methyl/N-ethyl adjacent to an activating group) is 1. The average Bonchev–Trinajstić information content (AvgIpc) is 2.68. The van der Waals surface area contributed by atoms with E-state index in [2.05, 4.69) is 10.6 Å². The van der Waals surface area contributed by atoms with Crippen LogP contribution in [0.3, 0.4) is 0 Å². The van der Waals surface area contributed by atoms with Crippen molar-refractivity contribution in [2.45, 2.75) is 26.4 Å². The van der Waals surface area contributed by atoms with E-state index in [9.17, 15) is 14.0 Å². The first-order chi connectivity index (χ1) is 13.5. The van der Waals surface area contributed by atoms with Gasteiger partial charge in [0, 0.05) is 17.7 Å². The zero-order valence-corrected chi connectivity index (χ0v) is 16.4. The number of methoxy groups -OCH3 is 1. The Bertz CT molecular complexity index is 799.